The van der Waals surface area contributed by atoms with E-state index < -0.39 is 4.92 Å². The van der Waals surface area contributed by atoms with Crippen molar-refractivity contribution in [3.8, 4) is 5.75 Å². The molecule has 0 atom stereocenters. The van der Waals surface area contributed by atoms with Gasteiger partial charge in [0.05, 0.1) is 9.83 Å². The standard InChI is InChI=1S/C16H11N3O4S/c20-13-8-4-1-5-10(13)9-14-15(21)18-16(24-14)17-11-6-2-3-7-12(11)19(22)23/h1-9,20H,(H,17,18,21)/b14-9-. The van der Waals surface area contributed by atoms with Gasteiger partial charge >= 0.3 is 0 Å². The molecular weight excluding hydrogens is 330 g/mol. The van der Waals surface area contributed by atoms with Crippen molar-refractivity contribution in [1.29, 1.82) is 0 Å². The monoisotopic (exact) mass is 341 g/mol. The lowest BCUT2D eigenvalue weighted by Gasteiger charge is -1.98. The number of hydrogen-bond donors (Lipinski definition) is 2. The van der Waals surface area contributed by atoms with E-state index in [1.54, 1.807) is 30.3 Å². The second-order valence-corrected chi connectivity index (χ2v) is 5.82. The molecule has 8 heteroatoms. The van der Waals surface area contributed by atoms with Gasteiger partial charge in [-0.05, 0) is 30.0 Å². The molecule has 120 valence electrons. The van der Waals surface area contributed by atoms with Crippen molar-refractivity contribution in [2.24, 2.45) is 4.99 Å². The Hall–Kier alpha value is -3.13. The summed E-state index contributed by atoms with van der Waals surface area (Å²) in [5.74, 6) is -0.317. The van der Waals surface area contributed by atoms with Crippen molar-refractivity contribution >= 4 is 40.3 Å². The van der Waals surface area contributed by atoms with Gasteiger partial charge in [-0.25, -0.2) is 4.99 Å². The Kier molecular flexibility index (Phi) is 4.30. The third kappa shape index (κ3) is 3.28. The van der Waals surface area contributed by atoms with Crippen LogP contribution in [0.15, 0.2) is 58.4 Å². The van der Waals surface area contributed by atoms with Gasteiger partial charge in [-0.2, -0.15) is 0 Å². The normalized spacial score (nSPS) is 17.2. The highest BCUT2D eigenvalue weighted by molar-refractivity contribution is 8.18. The first-order chi connectivity index (χ1) is 11.5. The van der Waals surface area contributed by atoms with Crippen molar-refractivity contribution in [3.05, 3.63) is 69.1 Å². The molecule has 1 heterocycles. The first-order valence-corrected chi connectivity index (χ1v) is 7.67. The number of nitro benzene ring substituents is 1. The fraction of sp³-hybridized carbons (Fsp3) is 0. The smallest absolute Gasteiger partial charge is 0.294 e. The van der Waals surface area contributed by atoms with Gasteiger partial charge in [-0.3, -0.25) is 14.9 Å². The molecule has 2 N–H and O–H groups in total. The predicted molar refractivity (Wildman–Crippen MR) is 92.0 cm³/mol. The van der Waals surface area contributed by atoms with Crippen LogP contribution in [-0.2, 0) is 4.79 Å². The number of hydrogen-bond acceptors (Lipinski definition) is 6. The van der Waals surface area contributed by atoms with E-state index in [2.05, 4.69) is 10.3 Å². The van der Waals surface area contributed by atoms with Crippen LogP contribution in [0, 0.1) is 10.1 Å². The average molecular weight is 341 g/mol. The number of nitrogens with zero attached hydrogens (tertiary/aromatic N) is 2. The maximum absolute atomic E-state index is 12.0. The Morgan fingerprint density at radius 1 is 1.17 bits per heavy atom. The second-order valence-electron chi connectivity index (χ2n) is 4.79. The molecule has 2 aromatic rings. The molecule has 1 amide bonds. The number of para-hydroxylation sites is 3. The molecule has 0 unspecified atom stereocenters. The first kappa shape index (κ1) is 15.8. The van der Waals surface area contributed by atoms with Crippen LogP contribution in [0.2, 0.25) is 0 Å². The summed E-state index contributed by atoms with van der Waals surface area (Å²) in [7, 11) is 0. The fourth-order valence-corrected chi connectivity index (χ4v) is 2.88. The highest BCUT2D eigenvalue weighted by Gasteiger charge is 2.25. The van der Waals surface area contributed by atoms with Crippen LogP contribution in [0.3, 0.4) is 0 Å². The lowest BCUT2D eigenvalue weighted by molar-refractivity contribution is -0.384. The number of carbonyl (C=O) groups is 1. The lowest BCUT2D eigenvalue weighted by Crippen LogP contribution is -2.19. The molecule has 0 aromatic heterocycles. The number of aliphatic imine (C=N–C) groups is 1. The Labute approximate surface area is 140 Å². The predicted octanol–water partition coefficient (Wildman–Crippen LogP) is 3.19. The van der Waals surface area contributed by atoms with Crippen LogP contribution in [0.4, 0.5) is 11.4 Å². The Balaban J connectivity index is 1.91. The van der Waals surface area contributed by atoms with Gasteiger partial charge in [0.1, 0.15) is 11.4 Å². The molecule has 2 aromatic carbocycles. The van der Waals surface area contributed by atoms with E-state index in [1.165, 1.54) is 24.3 Å². The number of phenols is 1. The largest absolute Gasteiger partial charge is 0.507 e. The summed E-state index contributed by atoms with van der Waals surface area (Å²) >= 11 is 1.05. The van der Waals surface area contributed by atoms with E-state index in [0.29, 0.717) is 10.5 Å². The highest BCUT2D eigenvalue weighted by Crippen LogP contribution is 2.32. The van der Waals surface area contributed by atoms with E-state index in [0.717, 1.165) is 11.8 Å². The van der Waals surface area contributed by atoms with Crippen LogP contribution >= 0.6 is 11.8 Å². The molecule has 1 saturated heterocycles. The van der Waals surface area contributed by atoms with E-state index in [4.69, 9.17) is 0 Å². The van der Waals surface area contributed by atoms with Crippen LogP contribution in [0.1, 0.15) is 5.56 Å². The Bertz CT molecular complexity index is 892. The lowest BCUT2D eigenvalue weighted by atomic mass is 10.2. The van der Waals surface area contributed by atoms with Crippen LogP contribution < -0.4 is 5.32 Å². The van der Waals surface area contributed by atoms with Crippen molar-refractivity contribution < 1.29 is 14.8 Å². The molecule has 7 nitrogen and oxygen atoms in total. The minimum Gasteiger partial charge on any atom is -0.507 e. The van der Waals surface area contributed by atoms with E-state index in [9.17, 15) is 20.0 Å². The fourth-order valence-electron chi connectivity index (χ4n) is 2.05. The summed E-state index contributed by atoms with van der Waals surface area (Å²) in [5.41, 5.74) is 0.522. The SMILES string of the molecule is O=C1NC(=Nc2ccccc2[N+](=O)[O-])S/C1=C\c1ccccc1O. The summed E-state index contributed by atoms with van der Waals surface area (Å²) < 4.78 is 0. The van der Waals surface area contributed by atoms with Gasteiger partial charge in [0.25, 0.3) is 11.6 Å². The van der Waals surface area contributed by atoms with Gasteiger partial charge in [0.15, 0.2) is 5.17 Å². The zero-order chi connectivity index (χ0) is 17.1. The van der Waals surface area contributed by atoms with Crippen LogP contribution in [-0.4, -0.2) is 21.1 Å². The van der Waals surface area contributed by atoms with E-state index in [1.807, 2.05) is 0 Å². The van der Waals surface area contributed by atoms with Gasteiger partial charge in [-0.1, -0.05) is 30.3 Å². The van der Waals surface area contributed by atoms with Crippen molar-refractivity contribution in [3.63, 3.8) is 0 Å². The number of thioether (sulfide) groups is 1. The summed E-state index contributed by atoms with van der Waals surface area (Å²) in [6.07, 6.45) is 1.54. The Morgan fingerprint density at radius 2 is 1.88 bits per heavy atom. The maximum atomic E-state index is 12.0. The highest BCUT2D eigenvalue weighted by atomic mass is 32.2. The summed E-state index contributed by atoms with van der Waals surface area (Å²) in [6, 6.07) is 12.6. The van der Waals surface area contributed by atoms with Gasteiger partial charge in [0, 0.05) is 11.6 Å². The van der Waals surface area contributed by atoms with E-state index >= 15 is 0 Å². The molecule has 0 spiro atoms. The zero-order valence-corrected chi connectivity index (χ0v) is 13.0. The van der Waals surface area contributed by atoms with Gasteiger partial charge < -0.3 is 10.4 Å². The molecule has 0 radical (unpaired) electrons. The number of amidine groups is 1. The number of nitrogens with one attached hydrogen (secondary N) is 1. The third-order valence-corrected chi connectivity index (χ3v) is 4.08. The average Bonchev–Trinajstić information content (AvgIpc) is 2.89. The van der Waals surface area contributed by atoms with Crippen molar-refractivity contribution in [2.45, 2.75) is 0 Å². The van der Waals surface area contributed by atoms with Gasteiger partial charge in [0.2, 0.25) is 0 Å². The Morgan fingerprint density at radius 3 is 2.62 bits per heavy atom. The number of nitro groups is 1. The second kappa shape index (κ2) is 6.55. The molecular formula is C16H11N3O4S. The maximum Gasteiger partial charge on any atom is 0.294 e. The molecule has 0 bridgehead atoms. The number of carbonyl (C=O) groups excluding carboxylic acids is 1. The van der Waals surface area contributed by atoms with Crippen molar-refractivity contribution in [2.75, 3.05) is 0 Å². The molecule has 1 fully saturated rings. The summed E-state index contributed by atoms with van der Waals surface area (Å²) in [6.45, 7) is 0. The third-order valence-electron chi connectivity index (χ3n) is 3.17. The van der Waals surface area contributed by atoms with Crippen LogP contribution in [0.25, 0.3) is 6.08 Å². The molecule has 0 saturated carbocycles. The summed E-state index contributed by atoms with van der Waals surface area (Å²) in [5, 5.41) is 23.6. The number of rotatable bonds is 3. The van der Waals surface area contributed by atoms with Gasteiger partial charge in [-0.15, -0.1) is 0 Å². The molecule has 3 rings (SSSR count). The minimum atomic E-state index is -0.528. The molecule has 1 aliphatic rings. The summed E-state index contributed by atoms with van der Waals surface area (Å²) in [4.78, 5) is 27.0. The number of amides is 1. The van der Waals surface area contributed by atoms with E-state index in [-0.39, 0.29) is 28.2 Å². The first-order valence-electron chi connectivity index (χ1n) is 6.85. The molecule has 1 aliphatic heterocycles. The number of aromatic hydroxyl groups is 1. The number of phenolic OH excluding ortho intramolecular Hbond substituents is 1. The zero-order valence-electron chi connectivity index (χ0n) is 12.2. The van der Waals surface area contributed by atoms with Crippen LogP contribution in [0.5, 0.6) is 5.75 Å². The molecule has 24 heavy (non-hydrogen) atoms. The minimum absolute atomic E-state index is 0.0579. The van der Waals surface area contributed by atoms with Crippen molar-refractivity contribution in [1.82, 2.24) is 5.32 Å². The molecule has 0 aliphatic carbocycles. The number of benzene rings is 2. The topological polar surface area (TPSA) is 105 Å². The quantitative estimate of drug-likeness (QED) is 0.507.